The highest BCUT2D eigenvalue weighted by atomic mass is 19.2. The molecule has 0 radical (unpaired) electrons. The number of rotatable bonds is 4. The first-order chi connectivity index (χ1) is 10.0. The van der Waals surface area contributed by atoms with Crippen LogP contribution in [0.3, 0.4) is 0 Å². The van der Waals surface area contributed by atoms with Crippen molar-refractivity contribution in [2.24, 2.45) is 0 Å². The number of carbonyl (C=O) groups excluding carboxylic acids is 1. The summed E-state index contributed by atoms with van der Waals surface area (Å²) in [5, 5.41) is 0. The van der Waals surface area contributed by atoms with Crippen molar-refractivity contribution in [1.82, 2.24) is 0 Å². The van der Waals surface area contributed by atoms with Crippen molar-refractivity contribution < 1.29 is 13.6 Å². The minimum atomic E-state index is -0.919. The van der Waals surface area contributed by atoms with E-state index in [0.717, 1.165) is 30.5 Å². The molecule has 2 aromatic carbocycles. The molecule has 1 aliphatic carbocycles. The summed E-state index contributed by atoms with van der Waals surface area (Å²) in [6.45, 7) is 0. The summed E-state index contributed by atoms with van der Waals surface area (Å²) in [6.07, 6.45) is 1.69. The molecule has 0 saturated heterocycles. The molecule has 0 aromatic heterocycles. The molecule has 2 aromatic rings. The van der Waals surface area contributed by atoms with Crippen molar-refractivity contribution in [2.75, 3.05) is 5.73 Å². The first-order valence-corrected chi connectivity index (χ1v) is 6.84. The fraction of sp³-hybridized carbons (Fsp3) is 0.235. The zero-order valence-electron chi connectivity index (χ0n) is 11.4. The van der Waals surface area contributed by atoms with E-state index in [-0.39, 0.29) is 12.2 Å². The average Bonchev–Trinajstić information content (AvgIpc) is 3.25. The van der Waals surface area contributed by atoms with E-state index in [1.54, 1.807) is 12.1 Å². The number of Topliss-reactive ketones (excluding diaryl/α,β-unsaturated/α-hetero) is 1. The molecule has 0 unspecified atom stereocenters. The van der Waals surface area contributed by atoms with Gasteiger partial charge >= 0.3 is 0 Å². The number of carbonyl (C=O) groups is 1. The number of halogens is 2. The second kappa shape index (κ2) is 4.95. The van der Waals surface area contributed by atoms with Crippen LogP contribution in [0.25, 0.3) is 0 Å². The monoisotopic (exact) mass is 287 g/mol. The highest BCUT2D eigenvalue weighted by Crippen LogP contribution is 2.49. The Bertz CT molecular complexity index is 690. The topological polar surface area (TPSA) is 43.1 Å². The first kappa shape index (κ1) is 13.7. The van der Waals surface area contributed by atoms with Gasteiger partial charge in [-0.3, -0.25) is 4.79 Å². The fourth-order valence-corrected chi connectivity index (χ4v) is 2.66. The van der Waals surface area contributed by atoms with Gasteiger partial charge in [-0.1, -0.05) is 18.2 Å². The molecule has 0 bridgehead atoms. The Morgan fingerprint density at radius 3 is 2.29 bits per heavy atom. The molecule has 2 N–H and O–H groups in total. The molecule has 108 valence electrons. The lowest BCUT2D eigenvalue weighted by Gasteiger charge is -2.15. The molecule has 3 rings (SSSR count). The molecule has 1 fully saturated rings. The van der Waals surface area contributed by atoms with Crippen molar-refractivity contribution in [3.63, 3.8) is 0 Å². The van der Waals surface area contributed by atoms with E-state index in [2.05, 4.69) is 0 Å². The SMILES string of the molecule is Nc1ccc(C2(C(=O)Cc3ccc(F)c(F)c3)CC2)cc1. The van der Waals surface area contributed by atoms with Crippen molar-refractivity contribution in [1.29, 1.82) is 0 Å². The Balaban J connectivity index is 1.81. The van der Waals surface area contributed by atoms with Crippen molar-refractivity contribution >= 4 is 11.5 Å². The lowest BCUT2D eigenvalue weighted by atomic mass is 9.88. The maximum atomic E-state index is 13.2. The number of hydrogen-bond donors (Lipinski definition) is 1. The number of anilines is 1. The van der Waals surface area contributed by atoms with Crippen LogP contribution in [0, 0.1) is 11.6 Å². The highest BCUT2D eigenvalue weighted by molar-refractivity contribution is 5.94. The summed E-state index contributed by atoms with van der Waals surface area (Å²) in [6, 6.07) is 10.9. The summed E-state index contributed by atoms with van der Waals surface area (Å²) in [5.41, 5.74) is 7.29. The average molecular weight is 287 g/mol. The van der Waals surface area contributed by atoms with E-state index < -0.39 is 17.0 Å². The predicted molar refractivity (Wildman–Crippen MR) is 76.8 cm³/mol. The van der Waals surface area contributed by atoms with Gasteiger partial charge in [0.05, 0.1) is 5.41 Å². The number of hydrogen-bond acceptors (Lipinski definition) is 2. The van der Waals surface area contributed by atoms with Gasteiger partial charge in [0.15, 0.2) is 11.6 Å². The van der Waals surface area contributed by atoms with Gasteiger partial charge in [-0.2, -0.15) is 0 Å². The van der Waals surface area contributed by atoms with E-state index in [0.29, 0.717) is 11.3 Å². The Hall–Kier alpha value is -2.23. The number of benzene rings is 2. The Labute approximate surface area is 121 Å². The van der Waals surface area contributed by atoms with Gasteiger partial charge in [-0.25, -0.2) is 8.78 Å². The fourth-order valence-electron chi connectivity index (χ4n) is 2.66. The van der Waals surface area contributed by atoms with Crippen LogP contribution in [0.15, 0.2) is 42.5 Å². The molecule has 21 heavy (non-hydrogen) atoms. The quantitative estimate of drug-likeness (QED) is 0.876. The van der Waals surface area contributed by atoms with Crippen LogP contribution in [-0.2, 0) is 16.6 Å². The normalized spacial score (nSPS) is 15.7. The minimum absolute atomic E-state index is 0.0401. The molecular weight excluding hydrogens is 272 g/mol. The second-order valence-corrected chi connectivity index (χ2v) is 5.55. The van der Waals surface area contributed by atoms with Gasteiger partial charge in [-0.05, 0) is 48.2 Å². The number of ketones is 1. The maximum Gasteiger partial charge on any atom is 0.159 e. The number of nitrogens with two attached hydrogens (primary N) is 1. The van der Waals surface area contributed by atoms with Crippen LogP contribution in [0.2, 0.25) is 0 Å². The van der Waals surface area contributed by atoms with Crippen molar-refractivity contribution in [2.45, 2.75) is 24.7 Å². The third-order valence-electron chi connectivity index (χ3n) is 4.10. The van der Waals surface area contributed by atoms with E-state index >= 15 is 0 Å². The lowest BCUT2D eigenvalue weighted by molar-refractivity contribution is -0.120. The summed E-state index contributed by atoms with van der Waals surface area (Å²) >= 11 is 0. The molecule has 1 saturated carbocycles. The molecule has 2 nitrogen and oxygen atoms in total. The van der Waals surface area contributed by atoms with Crippen LogP contribution in [0.4, 0.5) is 14.5 Å². The van der Waals surface area contributed by atoms with Gasteiger partial charge < -0.3 is 5.73 Å². The molecule has 0 atom stereocenters. The maximum absolute atomic E-state index is 13.2. The molecule has 4 heteroatoms. The Kier molecular flexibility index (Phi) is 3.24. The molecule has 0 aliphatic heterocycles. The Morgan fingerprint density at radius 1 is 1.05 bits per heavy atom. The summed E-state index contributed by atoms with van der Waals surface area (Å²) in [5.74, 6) is -1.78. The van der Waals surface area contributed by atoms with Gasteiger partial charge in [0, 0.05) is 12.1 Å². The van der Waals surface area contributed by atoms with Crippen LogP contribution >= 0.6 is 0 Å². The third-order valence-corrected chi connectivity index (χ3v) is 4.10. The zero-order chi connectivity index (χ0) is 15.0. The highest BCUT2D eigenvalue weighted by Gasteiger charge is 2.50. The second-order valence-electron chi connectivity index (χ2n) is 5.55. The third kappa shape index (κ3) is 2.53. The smallest absolute Gasteiger partial charge is 0.159 e. The number of nitrogen functional groups attached to an aromatic ring is 1. The minimum Gasteiger partial charge on any atom is -0.399 e. The molecule has 0 amide bonds. The van der Waals surface area contributed by atoms with Gasteiger partial charge in [0.2, 0.25) is 0 Å². The molecular formula is C17H15F2NO. The van der Waals surface area contributed by atoms with E-state index in [1.807, 2.05) is 12.1 Å². The van der Waals surface area contributed by atoms with E-state index in [1.165, 1.54) is 6.07 Å². The van der Waals surface area contributed by atoms with Gasteiger partial charge in [-0.15, -0.1) is 0 Å². The molecule has 0 heterocycles. The summed E-state index contributed by atoms with van der Waals surface area (Å²) < 4.78 is 26.1. The van der Waals surface area contributed by atoms with E-state index in [4.69, 9.17) is 5.73 Å². The van der Waals surface area contributed by atoms with Crippen molar-refractivity contribution in [3.8, 4) is 0 Å². The van der Waals surface area contributed by atoms with E-state index in [9.17, 15) is 13.6 Å². The zero-order valence-corrected chi connectivity index (χ0v) is 11.4. The largest absolute Gasteiger partial charge is 0.399 e. The Morgan fingerprint density at radius 2 is 1.71 bits per heavy atom. The van der Waals surface area contributed by atoms with Gasteiger partial charge in [0.1, 0.15) is 5.78 Å². The predicted octanol–water partition coefficient (Wildman–Crippen LogP) is 3.39. The standard InChI is InChI=1S/C17H15F2NO/c18-14-6-1-11(9-15(14)19)10-16(21)17(7-8-17)12-2-4-13(20)5-3-12/h1-6,9H,7-8,10,20H2. The lowest BCUT2D eigenvalue weighted by Crippen LogP contribution is -2.22. The first-order valence-electron chi connectivity index (χ1n) is 6.84. The molecule has 1 aliphatic rings. The van der Waals surface area contributed by atoms with Crippen molar-refractivity contribution in [3.05, 3.63) is 65.2 Å². The molecule has 0 spiro atoms. The van der Waals surface area contributed by atoms with Crippen LogP contribution < -0.4 is 5.73 Å². The van der Waals surface area contributed by atoms with Crippen LogP contribution in [0.5, 0.6) is 0 Å². The summed E-state index contributed by atoms with van der Waals surface area (Å²) in [7, 11) is 0. The van der Waals surface area contributed by atoms with Crippen LogP contribution in [-0.4, -0.2) is 5.78 Å². The van der Waals surface area contributed by atoms with Crippen LogP contribution in [0.1, 0.15) is 24.0 Å². The summed E-state index contributed by atoms with van der Waals surface area (Å²) in [4.78, 5) is 12.5. The van der Waals surface area contributed by atoms with Gasteiger partial charge in [0.25, 0.3) is 0 Å².